The molecule has 4 aromatic rings. The van der Waals surface area contributed by atoms with Crippen LogP contribution in [0.2, 0.25) is 5.02 Å². The van der Waals surface area contributed by atoms with Gasteiger partial charge in [-0.15, -0.1) is 0 Å². The number of nitrogens with zero attached hydrogens (tertiary/aromatic N) is 1. The highest BCUT2D eigenvalue weighted by Crippen LogP contribution is 2.30. The van der Waals surface area contributed by atoms with Crippen LogP contribution in [0.15, 0.2) is 77.4 Å². The van der Waals surface area contributed by atoms with Crippen molar-refractivity contribution in [2.45, 2.75) is 38.4 Å². The normalized spacial score (nSPS) is 15.4. The van der Waals surface area contributed by atoms with Crippen LogP contribution in [0.25, 0.3) is 11.0 Å². The predicted octanol–water partition coefficient (Wildman–Crippen LogP) is 5.84. The van der Waals surface area contributed by atoms with Gasteiger partial charge in [0.05, 0.1) is 22.7 Å². The van der Waals surface area contributed by atoms with Gasteiger partial charge in [0.2, 0.25) is 5.91 Å². The number of fused-ring (bicyclic) bond motifs is 1. The van der Waals surface area contributed by atoms with Gasteiger partial charge in [-0.25, -0.2) is 9.18 Å². The van der Waals surface area contributed by atoms with Crippen molar-refractivity contribution in [2.75, 3.05) is 13.1 Å². The lowest BCUT2D eigenvalue weighted by Crippen LogP contribution is -2.43. The fourth-order valence-electron chi connectivity index (χ4n) is 4.88. The van der Waals surface area contributed by atoms with E-state index in [0.29, 0.717) is 41.8 Å². The molecule has 1 aromatic heterocycles. The molecule has 0 radical (unpaired) electrons. The number of furan rings is 1. The van der Waals surface area contributed by atoms with Crippen LogP contribution in [-0.4, -0.2) is 36.0 Å². The van der Waals surface area contributed by atoms with Crippen LogP contribution in [0.5, 0.6) is 5.75 Å². The lowest BCUT2D eigenvalue weighted by Gasteiger charge is -2.24. The van der Waals surface area contributed by atoms with E-state index in [2.05, 4.69) is 15.5 Å². The summed E-state index contributed by atoms with van der Waals surface area (Å²) < 4.78 is 25.4. The summed E-state index contributed by atoms with van der Waals surface area (Å²) in [6, 6.07) is 19.6. The maximum Gasteiger partial charge on any atom is 0.412 e. The first-order chi connectivity index (χ1) is 19.0. The number of benzene rings is 3. The number of halogens is 2. The summed E-state index contributed by atoms with van der Waals surface area (Å²) >= 11 is 5.85. The molecule has 202 valence electrons. The number of amides is 2. The Morgan fingerprint density at radius 3 is 2.72 bits per heavy atom. The fourth-order valence-corrected chi connectivity index (χ4v) is 5.07. The van der Waals surface area contributed by atoms with E-state index in [9.17, 15) is 14.0 Å². The smallest absolute Gasteiger partial charge is 0.412 e. The van der Waals surface area contributed by atoms with Gasteiger partial charge in [0.15, 0.2) is 0 Å². The summed E-state index contributed by atoms with van der Waals surface area (Å²) in [7, 11) is 0. The quantitative estimate of drug-likeness (QED) is 0.274. The lowest BCUT2D eigenvalue weighted by molar-refractivity contribution is -0.125. The lowest BCUT2D eigenvalue weighted by atomic mass is 10.1. The molecule has 3 aromatic carbocycles. The minimum Gasteiger partial charge on any atom is -0.464 e. The van der Waals surface area contributed by atoms with E-state index in [4.69, 9.17) is 20.8 Å². The fraction of sp³-hybridized carbons (Fsp3) is 0.267. The standard InChI is InChI=1S/C30H29ClFN3O4/c31-24-9-4-8-22(28(24)32)19-33-29(36)25-10-5-13-35(25)14-11-21-16-26-23(12-15-38-26)27(17-21)39-30(37)34-18-20-6-2-1-3-7-20/h1-4,6-9,12,15-17,25H,5,10-11,13-14,18-19H2,(H,33,36)(H,34,37)/t25-/m0/s1. The Hall–Kier alpha value is -3.88. The second kappa shape index (κ2) is 12.3. The van der Waals surface area contributed by atoms with Gasteiger partial charge in [0, 0.05) is 25.2 Å². The molecule has 1 atom stereocenters. The third-order valence-electron chi connectivity index (χ3n) is 6.91. The van der Waals surface area contributed by atoms with Crippen molar-refractivity contribution >= 4 is 34.6 Å². The molecular formula is C30H29ClFN3O4. The van der Waals surface area contributed by atoms with E-state index >= 15 is 0 Å². The minimum atomic E-state index is -0.550. The van der Waals surface area contributed by atoms with Crippen molar-refractivity contribution in [1.82, 2.24) is 15.5 Å². The van der Waals surface area contributed by atoms with Crippen LogP contribution in [-0.2, 0) is 24.3 Å². The van der Waals surface area contributed by atoms with Gasteiger partial charge < -0.3 is 19.8 Å². The second-order valence-electron chi connectivity index (χ2n) is 9.53. The molecule has 0 bridgehead atoms. The van der Waals surface area contributed by atoms with Gasteiger partial charge in [-0.2, -0.15) is 0 Å². The zero-order chi connectivity index (χ0) is 27.2. The topological polar surface area (TPSA) is 83.8 Å². The first-order valence-electron chi connectivity index (χ1n) is 12.9. The summed E-state index contributed by atoms with van der Waals surface area (Å²) in [4.78, 5) is 27.6. The second-order valence-corrected chi connectivity index (χ2v) is 9.94. The number of nitrogens with one attached hydrogen (secondary N) is 2. The van der Waals surface area contributed by atoms with Crippen LogP contribution < -0.4 is 15.4 Å². The zero-order valence-corrected chi connectivity index (χ0v) is 22.0. The van der Waals surface area contributed by atoms with Crippen molar-refractivity contribution in [3.05, 3.63) is 101 Å². The van der Waals surface area contributed by atoms with Gasteiger partial charge in [0.1, 0.15) is 17.1 Å². The van der Waals surface area contributed by atoms with Crippen molar-refractivity contribution in [3.8, 4) is 5.75 Å². The highest BCUT2D eigenvalue weighted by atomic mass is 35.5. The molecular weight excluding hydrogens is 521 g/mol. The maximum atomic E-state index is 14.2. The molecule has 0 saturated carbocycles. The summed E-state index contributed by atoms with van der Waals surface area (Å²) in [5.74, 6) is -0.226. The number of hydrogen-bond acceptors (Lipinski definition) is 5. The van der Waals surface area contributed by atoms with Gasteiger partial charge in [0.25, 0.3) is 0 Å². The number of carbonyl (C=O) groups is 2. The molecule has 5 rings (SSSR count). The van der Waals surface area contributed by atoms with Crippen LogP contribution >= 0.6 is 11.6 Å². The van der Waals surface area contributed by atoms with E-state index in [-0.39, 0.29) is 23.5 Å². The van der Waals surface area contributed by atoms with Crippen LogP contribution in [0.1, 0.15) is 29.5 Å². The molecule has 1 aliphatic rings. The number of ether oxygens (including phenoxy) is 1. The third-order valence-corrected chi connectivity index (χ3v) is 7.21. The van der Waals surface area contributed by atoms with Gasteiger partial charge >= 0.3 is 6.09 Å². The molecule has 1 saturated heterocycles. The van der Waals surface area contributed by atoms with Gasteiger partial charge in [-0.05, 0) is 61.2 Å². The maximum absolute atomic E-state index is 14.2. The van der Waals surface area contributed by atoms with E-state index in [1.54, 1.807) is 24.5 Å². The highest BCUT2D eigenvalue weighted by Gasteiger charge is 2.30. The molecule has 1 fully saturated rings. The van der Waals surface area contributed by atoms with Crippen LogP contribution in [0, 0.1) is 5.82 Å². The molecule has 7 nitrogen and oxygen atoms in total. The SMILES string of the molecule is O=C(NCc1ccccc1)Oc1cc(CCN2CCC[C@H]2C(=O)NCc2cccc(Cl)c2F)cc2occc12. The monoisotopic (exact) mass is 549 g/mol. The van der Waals surface area contributed by atoms with Crippen molar-refractivity contribution in [1.29, 1.82) is 0 Å². The molecule has 2 N–H and O–H groups in total. The molecule has 1 aliphatic heterocycles. The van der Waals surface area contributed by atoms with E-state index in [1.165, 1.54) is 6.07 Å². The van der Waals surface area contributed by atoms with Crippen molar-refractivity contribution in [3.63, 3.8) is 0 Å². The van der Waals surface area contributed by atoms with Crippen molar-refractivity contribution < 1.29 is 23.1 Å². The van der Waals surface area contributed by atoms with Gasteiger partial charge in [-0.1, -0.05) is 54.1 Å². The number of carbonyl (C=O) groups excluding carboxylic acids is 2. The summed E-state index contributed by atoms with van der Waals surface area (Å²) in [6.07, 6.45) is 3.28. The van der Waals surface area contributed by atoms with Crippen LogP contribution in [0.4, 0.5) is 9.18 Å². The number of rotatable bonds is 9. The average molecular weight is 550 g/mol. The minimum absolute atomic E-state index is 0.0368. The Kier molecular flexibility index (Phi) is 8.44. The Morgan fingerprint density at radius 2 is 1.87 bits per heavy atom. The van der Waals surface area contributed by atoms with E-state index < -0.39 is 11.9 Å². The van der Waals surface area contributed by atoms with E-state index in [0.717, 1.165) is 30.5 Å². The Morgan fingerprint density at radius 1 is 1.03 bits per heavy atom. The van der Waals surface area contributed by atoms with E-state index in [1.807, 2.05) is 42.5 Å². The third kappa shape index (κ3) is 6.58. The average Bonchev–Trinajstić information content (AvgIpc) is 3.62. The summed E-state index contributed by atoms with van der Waals surface area (Å²) in [5, 5.41) is 6.37. The Labute approximate surface area is 230 Å². The Balaban J connectivity index is 1.19. The van der Waals surface area contributed by atoms with Crippen LogP contribution in [0.3, 0.4) is 0 Å². The Bertz CT molecular complexity index is 1460. The zero-order valence-electron chi connectivity index (χ0n) is 21.3. The number of hydrogen-bond donors (Lipinski definition) is 2. The molecule has 0 aliphatic carbocycles. The molecule has 2 amide bonds. The molecule has 9 heteroatoms. The largest absolute Gasteiger partial charge is 0.464 e. The highest BCUT2D eigenvalue weighted by molar-refractivity contribution is 6.30. The molecule has 2 heterocycles. The number of likely N-dealkylation sites (tertiary alicyclic amines) is 1. The van der Waals surface area contributed by atoms with Crippen molar-refractivity contribution in [2.24, 2.45) is 0 Å². The summed E-state index contributed by atoms with van der Waals surface area (Å²) in [5.41, 5.74) is 2.87. The first-order valence-corrected chi connectivity index (χ1v) is 13.3. The molecule has 0 spiro atoms. The van der Waals surface area contributed by atoms with Gasteiger partial charge in [-0.3, -0.25) is 9.69 Å². The molecule has 39 heavy (non-hydrogen) atoms. The summed E-state index contributed by atoms with van der Waals surface area (Å²) in [6.45, 7) is 1.86. The first kappa shape index (κ1) is 26.7. The molecule has 0 unspecified atom stereocenters. The predicted molar refractivity (Wildman–Crippen MR) is 147 cm³/mol.